The van der Waals surface area contributed by atoms with Crippen LogP contribution in [-0.4, -0.2) is 12.0 Å². The molecule has 0 spiro atoms. The van der Waals surface area contributed by atoms with Crippen molar-refractivity contribution < 1.29 is 0 Å². The van der Waals surface area contributed by atoms with E-state index in [0.717, 1.165) is 11.6 Å². The lowest BCUT2D eigenvalue weighted by Crippen LogP contribution is -2.26. The molecule has 0 radical (unpaired) electrons. The van der Waals surface area contributed by atoms with Crippen LogP contribution in [-0.2, 0) is 0 Å². The van der Waals surface area contributed by atoms with E-state index in [9.17, 15) is 0 Å². The molecule has 1 N–H and O–H groups in total. The van der Waals surface area contributed by atoms with Crippen LogP contribution in [0.1, 0.15) is 56.0 Å². The number of hydrogen-bond acceptors (Lipinski definition) is 2. The van der Waals surface area contributed by atoms with E-state index in [-0.39, 0.29) is 0 Å². The fourth-order valence-electron chi connectivity index (χ4n) is 3.01. The molecule has 1 aromatic heterocycles. The van der Waals surface area contributed by atoms with Gasteiger partial charge in [0.25, 0.3) is 0 Å². The number of hydrogen-bond donors (Lipinski definition) is 1. The van der Waals surface area contributed by atoms with Crippen molar-refractivity contribution in [1.82, 2.24) is 10.3 Å². The fraction of sp³-hybridized carbons (Fsp3) is 0.667. The topological polar surface area (TPSA) is 24.9 Å². The lowest BCUT2D eigenvalue weighted by atomic mass is 9.89. The molecular formula is C15H24N2. The van der Waals surface area contributed by atoms with Crippen LogP contribution in [0.4, 0.5) is 0 Å². The Morgan fingerprint density at radius 2 is 1.88 bits per heavy atom. The van der Waals surface area contributed by atoms with E-state index in [2.05, 4.69) is 42.5 Å². The van der Waals surface area contributed by atoms with Crippen LogP contribution in [0.5, 0.6) is 0 Å². The molecule has 1 fully saturated rings. The molecule has 1 saturated carbocycles. The van der Waals surface area contributed by atoms with Gasteiger partial charge in [-0.25, -0.2) is 0 Å². The highest BCUT2D eigenvalue weighted by molar-refractivity contribution is 5.14. The van der Waals surface area contributed by atoms with Crippen molar-refractivity contribution in [2.24, 2.45) is 5.92 Å². The summed E-state index contributed by atoms with van der Waals surface area (Å²) in [5, 5.41) is 3.48. The van der Waals surface area contributed by atoms with Gasteiger partial charge in [-0.2, -0.15) is 0 Å². The molecule has 2 rings (SSSR count). The van der Waals surface area contributed by atoms with E-state index >= 15 is 0 Å². The van der Waals surface area contributed by atoms with Crippen molar-refractivity contribution in [3.8, 4) is 0 Å². The fourth-order valence-corrected chi connectivity index (χ4v) is 3.01. The zero-order valence-electron chi connectivity index (χ0n) is 11.1. The van der Waals surface area contributed by atoms with E-state index in [0.29, 0.717) is 6.04 Å². The highest BCUT2D eigenvalue weighted by Gasteiger charge is 2.23. The lowest BCUT2D eigenvalue weighted by Gasteiger charge is -2.25. The number of aromatic nitrogens is 1. The summed E-state index contributed by atoms with van der Waals surface area (Å²) >= 11 is 0. The molecule has 2 heteroatoms. The maximum absolute atomic E-state index is 4.69. The third-order valence-electron chi connectivity index (χ3n) is 3.91. The summed E-state index contributed by atoms with van der Waals surface area (Å²) in [4.78, 5) is 4.69. The summed E-state index contributed by atoms with van der Waals surface area (Å²) in [7, 11) is 2.07. The van der Waals surface area contributed by atoms with Crippen molar-refractivity contribution in [1.29, 1.82) is 0 Å². The Labute approximate surface area is 105 Å². The largest absolute Gasteiger partial charge is 0.311 e. The van der Waals surface area contributed by atoms with Gasteiger partial charge >= 0.3 is 0 Å². The molecule has 94 valence electrons. The first-order chi connectivity index (χ1) is 8.31. The Kier molecular flexibility index (Phi) is 4.55. The summed E-state index contributed by atoms with van der Waals surface area (Å²) in [5.74, 6) is 0.761. The normalized spacial score (nSPS) is 19.9. The van der Waals surface area contributed by atoms with Crippen LogP contribution in [0, 0.1) is 12.8 Å². The summed E-state index contributed by atoms with van der Waals surface area (Å²) in [6, 6.07) is 6.80. The molecule has 1 atom stereocenters. The van der Waals surface area contributed by atoms with E-state index < -0.39 is 0 Å². The molecule has 0 amide bonds. The van der Waals surface area contributed by atoms with Crippen LogP contribution in [0.2, 0.25) is 0 Å². The van der Waals surface area contributed by atoms with Gasteiger partial charge in [0.2, 0.25) is 0 Å². The van der Waals surface area contributed by atoms with Crippen molar-refractivity contribution in [2.45, 2.75) is 51.5 Å². The first kappa shape index (κ1) is 12.6. The first-order valence-corrected chi connectivity index (χ1v) is 6.92. The van der Waals surface area contributed by atoms with Crippen molar-refractivity contribution >= 4 is 0 Å². The Hall–Kier alpha value is -0.890. The molecule has 1 aliphatic rings. The second-order valence-corrected chi connectivity index (χ2v) is 5.22. The highest BCUT2D eigenvalue weighted by Crippen LogP contribution is 2.32. The second-order valence-electron chi connectivity index (χ2n) is 5.22. The van der Waals surface area contributed by atoms with Gasteiger partial charge in [-0.15, -0.1) is 0 Å². The third-order valence-corrected chi connectivity index (χ3v) is 3.91. The molecule has 0 saturated heterocycles. The average Bonchev–Trinajstić information content (AvgIpc) is 2.59. The summed E-state index contributed by atoms with van der Waals surface area (Å²) in [6.45, 7) is 2.07. The standard InChI is InChI=1S/C15H24N2/c1-12-8-7-11-14(17-12)15(16-2)13-9-5-3-4-6-10-13/h7-8,11,13,15-16H,3-6,9-10H2,1-2H3. The van der Waals surface area contributed by atoms with E-state index in [1.54, 1.807) is 0 Å². The van der Waals surface area contributed by atoms with E-state index in [1.807, 2.05) is 0 Å². The predicted octanol–water partition coefficient (Wildman–Crippen LogP) is 3.62. The summed E-state index contributed by atoms with van der Waals surface area (Å²) in [6.07, 6.45) is 8.29. The Morgan fingerprint density at radius 1 is 1.18 bits per heavy atom. The Bertz CT molecular complexity index is 341. The molecule has 1 unspecified atom stereocenters. The number of pyridine rings is 1. The lowest BCUT2D eigenvalue weighted by molar-refractivity contribution is 0.335. The predicted molar refractivity (Wildman–Crippen MR) is 72.0 cm³/mol. The monoisotopic (exact) mass is 232 g/mol. The number of nitrogens with one attached hydrogen (secondary N) is 1. The highest BCUT2D eigenvalue weighted by atomic mass is 14.9. The molecular weight excluding hydrogens is 208 g/mol. The van der Waals surface area contributed by atoms with Gasteiger partial charge in [0.05, 0.1) is 11.7 Å². The minimum absolute atomic E-state index is 0.438. The molecule has 1 aromatic rings. The van der Waals surface area contributed by atoms with E-state index in [4.69, 9.17) is 0 Å². The summed E-state index contributed by atoms with van der Waals surface area (Å²) < 4.78 is 0. The number of aryl methyl sites for hydroxylation is 1. The molecule has 17 heavy (non-hydrogen) atoms. The van der Waals surface area contributed by atoms with Gasteiger partial charge < -0.3 is 5.32 Å². The van der Waals surface area contributed by atoms with Crippen LogP contribution >= 0.6 is 0 Å². The third kappa shape index (κ3) is 3.29. The smallest absolute Gasteiger partial charge is 0.0579 e. The first-order valence-electron chi connectivity index (χ1n) is 6.92. The van der Waals surface area contributed by atoms with Crippen molar-refractivity contribution in [2.75, 3.05) is 7.05 Å². The Morgan fingerprint density at radius 3 is 2.47 bits per heavy atom. The van der Waals surface area contributed by atoms with Gasteiger partial charge in [-0.05, 0) is 44.9 Å². The number of nitrogens with zero attached hydrogens (tertiary/aromatic N) is 1. The Balaban J connectivity index is 2.14. The molecule has 0 bridgehead atoms. The second kappa shape index (κ2) is 6.15. The van der Waals surface area contributed by atoms with Crippen molar-refractivity contribution in [3.63, 3.8) is 0 Å². The van der Waals surface area contributed by atoms with Crippen LogP contribution in [0.15, 0.2) is 18.2 Å². The van der Waals surface area contributed by atoms with Gasteiger partial charge in [-0.1, -0.05) is 31.7 Å². The molecule has 1 heterocycles. The van der Waals surface area contributed by atoms with Gasteiger partial charge in [0.15, 0.2) is 0 Å². The maximum Gasteiger partial charge on any atom is 0.0579 e. The van der Waals surface area contributed by atoms with Crippen LogP contribution < -0.4 is 5.32 Å². The molecule has 2 nitrogen and oxygen atoms in total. The van der Waals surface area contributed by atoms with Crippen LogP contribution in [0.25, 0.3) is 0 Å². The van der Waals surface area contributed by atoms with E-state index in [1.165, 1.54) is 44.2 Å². The van der Waals surface area contributed by atoms with Gasteiger partial charge in [0, 0.05) is 5.69 Å². The minimum atomic E-state index is 0.438. The minimum Gasteiger partial charge on any atom is -0.311 e. The van der Waals surface area contributed by atoms with Gasteiger partial charge in [0.1, 0.15) is 0 Å². The molecule has 0 aromatic carbocycles. The quantitative estimate of drug-likeness (QED) is 0.805. The van der Waals surface area contributed by atoms with Crippen molar-refractivity contribution in [3.05, 3.63) is 29.6 Å². The molecule has 1 aliphatic carbocycles. The maximum atomic E-state index is 4.69. The SMILES string of the molecule is CNC(c1cccc(C)n1)C1CCCCCC1. The number of rotatable bonds is 3. The van der Waals surface area contributed by atoms with Gasteiger partial charge in [-0.3, -0.25) is 4.98 Å². The zero-order chi connectivity index (χ0) is 12.1. The zero-order valence-corrected chi connectivity index (χ0v) is 11.1. The van der Waals surface area contributed by atoms with Crippen LogP contribution in [0.3, 0.4) is 0 Å². The molecule has 0 aliphatic heterocycles. The average molecular weight is 232 g/mol. The summed E-state index contributed by atoms with van der Waals surface area (Å²) in [5.41, 5.74) is 2.34.